The largest absolute Gasteiger partial charge is 0.478 e. The minimum atomic E-state index is -4.46. The molecule has 0 fully saturated rings. The molecule has 1 N–H and O–H groups in total. The summed E-state index contributed by atoms with van der Waals surface area (Å²) in [5.41, 5.74) is 0.0355. The van der Waals surface area contributed by atoms with Gasteiger partial charge in [0.1, 0.15) is 0 Å². The van der Waals surface area contributed by atoms with Crippen molar-refractivity contribution in [3.05, 3.63) is 75.6 Å². The van der Waals surface area contributed by atoms with Crippen LogP contribution in [0.3, 0.4) is 0 Å². The van der Waals surface area contributed by atoms with Gasteiger partial charge in [0.15, 0.2) is 5.01 Å². The Morgan fingerprint density at radius 1 is 1.00 bits per heavy atom. The number of carboxylic acids is 1. The van der Waals surface area contributed by atoms with E-state index in [2.05, 4.69) is 4.98 Å². The Kier molecular flexibility index (Phi) is 4.60. The Bertz CT molecular complexity index is 978. The third-order valence-electron chi connectivity index (χ3n) is 3.58. The van der Waals surface area contributed by atoms with Crippen molar-refractivity contribution >= 4 is 23.1 Å². The minimum absolute atomic E-state index is 0.0466. The average molecular weight is 377 g/mol. The number of carbonyl (C=O) groups is 2. The van der Waals surface area contributed by atoms with E-state index < -0.39 is 23.5 Å². The van der Waals surface area contributed by atoms with Gasteiger partial charge in [0.2, 0.25) is 5.78 Å². The molecule has 0 aliphatic heterocycles. The van der Waals surface area contributed by atoms with Crippen LogP contribution in [0.4, 0.5) is 13.2 Å². The van der Waals surface area contributed by atoms with Crippen LogP contribution in [0.25, 0.3) is 11.3 Å². The molecule has 26 heavy (non-hydrogen) atoms. The lowest BCUT2D eigenvalue weighted by molar-refractivity contribution is -0.137. The van der Waals surface area contributed by atoms with E-state index in [1.165, 1.54) is 41.8 Å². The Morgan fingerprint density at radius 3 is 2.27 bits per heavy atom. The summed E-state index contributed by atoms with van der Waals surface area (Å²) >= 11 is 1.01. The van der Waals surface area contributed by atoms with Crippen LogP contribution in [0.15, 0.2) is 53.9 Å². The van der Waals surface area contributed by atoms with Crippen LogP contribution in [0.5, 0.6) is 0 Å². The van der Waals surface area contributed by atoms with Gasteiger partial charge in [-0.15, -0.1) is 11.3 Å². The van der Waals surface area contributed by atoms with Gasteiger partial charge in [-0.3, -0.25) is 4.79 Å². The third-order valence-corrected chi connectivity index (χ3v) is 4.42. The molecule has 0 saturated carbocycles. The van der Waals surface area contributed by atoms with E-state index in [9.17, 15) is 22.8 Å². The summed E-state index contributed by atoms with van der Waals surface area (Å²) in [4.78, 5) is 27.4. The van der Waals surface area contributed by atoms with Gasteiger partial charge >= 0.3 is 12.1 Å². The molecule has 0 saturated heterocycles. The molecule has 0 unspecified atom stereocenters. The fourth-order valence-electron chi connectivity index (χ4n) is 2.25. The standard InChI is InChI=1S/C18H10F3NO3S/c19-18(20,21)13-3-1-2-12(8-13)14-9-26-16(22-14)15(23)10-4-6-11(7-5-10)17(24)25/h1-9H,(H,24,25). The zero-order valence-electron chi connectivity index (χ0n) is 12.9. The second-order valence-corrected chi connectivity index (χ2v) is 6.19. The molecule has 1 aromatic heterocycles. The highest BCUT2D eigenvalue weighted by molar-refractivity contribution is 7.12. The van der Waals surface area contributed by atoms with E-state index in [4.69, 9.17) is 5.11 Å². The minimum Gasteiger partial charge on any atom is -0.478 e. The summed E-state index contributed by atoms with van der Waals surface area (Å²) in [5, 5.41) is 10.5. The zero-order valence-corrected chi connectivity index (χ0v) is 13.8. The molecule has 0 aliphatic carbocycles. The number of rotatable bonds is 4. The number of carboxylic acid groups (broad SMARTS) is 1. The van der Waals surface area contributed by atoms with Crippen molar-refractivity contribution in [2.24, 2.45) is 0 Å². The molecular weight excluding hydrogens is 367 g/mol. The Labute approximate surface area is 149 Å². The smallest absolute Gasteiger partial charge is 0.416 e. The van der Waals surface area contributed by atoms with Crippen LogP contribution in [-0.2, 0) is 6.18 Å². The number of nitrogens with zero attached hydrogens (tertiary/aromatic N) is 1. The predicted molar refractivity (Wildman–Crippen MR) is 89.4 cm³/mol. The van der Waals surface area contributed by atoms with Crippen LogP contribution in [0, 0.1) is 0 Å². The maximum Gasteiger partial charge on any atom is 0.416 e. The summed E-state index contributed by atoms with van der Waals surface area (Å²) in [6, 6.07) is 10.1. The Morgan fingerprint density at radius 2 is 1.65 bits per heavy atom. The summed E-state index contributed by atoms with van der Waals surface area (Å²) < 4.78 is 38.4. The number of alkyl halides is 3. The predicted octanol–water partition coefficient (Wildman–Crippen LogP) is 4.76. The summed E-state index contributed by atoms with van der Waals surface area (Å²) in [7, 11) is 0. The molecule has 0 aliphatic rings. The van der Waals surface area contributed by atoms with E-state index >= 15 is 0 Å². The van der Waals surface area contributed by atoms with E-state index in [1.807, 2.05) is 0 Å². The zero-order chi connectivity index (χ0) is 18.9. The summed E-state index contributed by atoms with van der Waals surface area (Å²) in [6.45, 7) is 0. The number of thiazole rings is 1. The lowest BCUT2D eigenvalue weighted by Gasteiger charge is -2.07. The summed E-state index contributed by atoms with van der Waals surface area (Å²) in [6.07, 6.45) is -4.46. The Hall–Kier alpha value is -3.00. The van der Waals surface area contributed by atoms with Gasteiger partial charge in [-0.2, -0.15) is 13.2 Å². The maximum atomic E-state index is 12.8. The van der Waals surface area contributed by atoms with Crippen LogP contribution in [0.1, 0.15) is 31.3 Å². The first-order chi connectivity index (χ1) is 12.3. The number of hydrogen-bond acceptors (Lipinski definition) is 4. The monoisotopic (exact) mass is 377 g/mol. The van der Waals surface area contributed by atoms with Crippen molar-refractivity contribution in [3.8, 4) is 11.3 Å². The first-order valence-electron chi connectivity index (χ1n) is 7.27. The first kappa shape index (κ1) is 17.8. The van der Waals surface area contributed by atoms with Crippen LogP contribution in [-0.4, -0.2) is 21.8 Å². The van der Waals surface area contributed by atoms with Crippen molar-refractivity contribution in [2.45, 2.75) is 6.18 Å². The Balaban J connectivity index is 1.88. The van der Waals surface area contributed by atoms with Crippen molar-refractivity contribution in [1.29, 1.82) is 0 Å². The fourth-order valence-corrected chi connectivity index (χ4v) is 3.04. The van der Waals surface area contributed by atoms with Crippen molar-refractivity contribution in [1.82, 2.24) is 4.98 Å². The van der Waals surface area contributed by atoms with Gasteiger partial charge in [-0.25, -0.2) is 9.78 Å². The average Bonchev–Trinajstić information content (AvgIpc) is 3.10. The topological polar surface area (TPSA) is 67.3 Å². The van der Waals surface area contributed by atoms with Gasteiger partial charge < -0.3 is 5.11 Å². The molecule has 1 heterocycles. The fraction of sp³-hybridized carbons (Fsp3) is 0.0556. The van der Waals surface area contributed by atoms with E-state index in [0.29, 0.717) is 0 Å². The highest BCUT2D eigenvalue weighted by Gasteiger charge is 2.30. The molecule has 0 bridgehead atoms. The van der Waals surface area contributed by atoms with E-state index in [0.717, 1.165) is 23.5 Å². The molecule has 3 rings (SSSR count). The second-order valence-electron chi connectivity index (χ2n) is 5.33. The number of ketones is 1. The first-order valence-corrected chi connectivity index (χ1v) is 8.15. The SMILES string of the molecule is O=C(O)c1ccc(C(=O)c2nc(-c3cccc(C(F)(F)F)c3)cs2)cc1. The van der Waals surface area contributed by atoms with Crippen molar-refractivity contribution in [3.63, 3.8) is 0 Å². The number of halogens is 3. The second kappa shape index (κ2) is 6.72. The molecule has 2 aromatic carbocycles. The molecule has 3 aromatic rings. The van der Waals surface area contributed by atoms with Crippen LogP contribution >= 0.6 is 11.3 Å². The van der Waals surface area contributed by atoms with Crippen LogP contribution < -0.4 is 0 Å². The number of carbonyl (C=O) groups excluding carboxylic acids is 1. The number of aromatic nitrogens is 1. The highest BCUT2D eigenvalue weighted by atomic mass is 32.1. The maximum absolute atomic E-state index is 12.8. The molecule has 8 heteroatoms. The van der Waals surface area contributed by atoms with Gasteiger partial charge in [0.05, 0.1) is 16.8 Å². The van der Waals surface area contributed by atoms with E-state index in [-0.39, 0.29) is 27.4 Å². The van der Waals surface area contributed by atoms with Gasteiger partial charge in [-0.05, 0) is 24.3 Å². The molecule has 132 valence electrons. The van der Waals surface area contributed by atoms with E-state index in [1.54, 1.807) is 0 Å². The molecular formula is C18H10F3NO3S. The summed E-state index contributed by atoms with van der Waals surface area (Å²) in [5.74, 6) is -1.53. The molecule has 4 nitrogen and oxygen atoms in total. The lowest BCUT2D eigenvalue weighted by atomic mass is 10.1. The van der Waals surface area contributed by atoms with Gasteiger partial charge in [0.25, 0.3) is 0 Å². The van der Waals surface area contributed by atoms with Gasteiger partial charge in [-0.1, -0.05) is 24.3 Å². The van der Waals surface area contributed by atoms with Crippen LogP contribution in [0.2, 0.25) is 0 Å². The van der Waals surface area contributed by atoms with Crippen molar-refractivity contribution < 1.29 is 27.9 Å². The molecule has 0 amide bonds. The number of aromatic carboxylic acids is 1. The quantitative estimate of drug-likeness (QED) is 0.666. The highest BCUT2D eigenvalue weighted by Crippen LogP contribution is 2.32. The molecule has 0 spiro atoms. The third kappa shape index (κ3) is 3.65. The van der Waals surface area contributed by atoms with Crippen molar-refractivity contribution in [2.75, 3.05) is 0 Å². The molecule has 0 radical (unpaired) electrons. The van der Waals surface area contributed by atoms with Gasteiger partial charge in [0, 0.05) is 16.5 Å². The molecule has 0 atom stereocenters. The number of benzene rings is 2. The normalized spacial score (nSPS) is 11.3. The number of hydrogen-bond donors (Lipinski definition) is 1. The lowest BCUT2D eigenvalue weighted by Crippen LogP contribution is -2.04.